The highest BCUT2D eigenvalue weighted by atomic mass is 19.1. The van der Waals surface area contributed by atoms with Crippen LogP contribution in [0.1, 0.15) is 0 Å². The van der Waals surface area contributed by atoms with E-state index in [-0.39, 0.29) is 5.82 Å². The van der Waals surface area contributed by atoms with Crippen molar-refractivity contribution >= 4 is 43.2 Å². The number of hydrogen-bond donors (Lipinski definition) is 0. The standard InChI is InChI=1S/C49H30FN3/c50-38-25-23-33(24-26-38)48-43-29-42(39-15-7-8-16-40(39)47(43)41-17-9-10-18-44(41)51-48)36-21-19-35-28-37(22-20-34(35)27-36)49-52-45(31-11-3-1-4-12-31)30-46(53-49)32-13-5-2-6-14-32/h1-30H. The summed E-state index contributed by atoms with van der Waals surface area (Å²) in [6, 6.07) is 61.4. The molecule has 0 amide bonds. The van der Waals surface area contributed by atoms with Gasteiger partial charge in [0.2, 0.25) is 0 Å². The average molecular weight is 680 g/mol. The van der Waals surface area contributed by atoms with Gasteiger partial charge in [0.15, 0.2) is 5.82 Å². The molecule has 0 spiro atoms. The molecule has 10 aromatic rings. The van der Waals surface area contributed by atoms with E-state index < -0.39 is 0 Å². The summed E-state index contributed by atoms with van der Waals surface area (Å²) >= 11 is 0. The predicted molar refractivity (Wildman–Crippen MR) is 217 cm³/mol. The summed E-state index contributed by atoms with van der Waals surface area (Å²) in [5.74, 6) is 0.418. The lowest BCUT2D eigenvalue weighted by Gasteiger charge is -2.16. The molecule has 8 aromatic carbocycles. The minimum atomic E-state index is -0.267. The molecule has 0 saturated carbocycles. The van der Waals surface area contributed by atoms with Crippen molar-refractivity contribution in [3.8, 4) is 56.3 Å². The Morgan fingerprint density at radius 2 is 0.906 bits per heavy atom. The fourth-order valence-electron chi connectivity index (χ4n) is 7.52. The number of halogens is 1. The van der Waals surface area contributed by atoms with Crippen LogP contribution in [0.25, 0.3) is 99.5 Å². The van der Waals surface area contributed by atoms with Crippen molar-refractivity contribution < 1.29 is 4.39 Å². The summed E-state index contributed by atoms with van der Waals surface area (Å²) in [7, 11) is 0. The van der Waals surface area contributed by atoms with E-state index in [1.54, 1.807) is 0 Å². The Morgan fingerprint density at radius 3 is 1.58 bits per heavy atom. The van der Waals surface area contributed by atoms with E-state index in [1.165, 1.54) is 12.1 Å². The van der Waals surface area contributed by atoms with Crippen molar-refractivity contribution in [1.29, 1.82) is 0 Å². The summed E-state index contributed by atoms with van der Waals surface area (Å²) in [4.78, 5) is 15.3. The van der Waals surface area contributed by atoms with Crippen LogP contribution in [0.4, 0.5) is 4.39 Å². The highest BCUT2D eigenvalue weighted by molar-refractivity contribution is 6.25. The van der Waals surface area contributed by atoms with Crippen molar-refractivity contribution in [2.45, 2.75) is 0 Å². The SMILES string of the molecule is Fc1ccc(-c2nc3ccccc3c3c2cc(-c2ccc4cc(-c5nc(-c6ccccc6)cc(-c6ccccc6)n5)ccc4c2)c2ccccc23)cc1. The molecule has 0 fully saturated rings. The molecule has 248 valence electrons. The van der Waals surface area contributed by atoms with Gasteiger partial charge in [-0.25, -0.2) is 19.3 Å². The third kappa shape index (κ3) is 5.49. The average Bonchev–Trinajstić information content (AvgIpc) is 3.23. The summed E-state index contributed by atoms with van der Waals surface area (Å²) in [5.41, 5.74) is 9.67. The molecule has 0 bridgehead atoms. The number of para-hydroxylation sites is 1. The Morgan fingerprint density at radius 1 is 0.358 bits per heavy atom. The maximum Gasteiger partial charge on any atom is 0.160 e. The second kappa shape index (κ2) is 12.6. The number of hydrogen-bond acceptors (Lipinski definition) is 3. The van der Waals surface area contributed by atoms with Gasteiger partial charge in [-0.1, -0.05) is 127 Å². The van der Waals surface area contributed by atoms with Gasteiger partial charge >= 0.3 is 0 Å². The molecule has 2 heterocycles. The Labute approximate surface area is 305 Å². The minimum Gasteiger partial charge on any atom is -0.247 e. The predicted octanol–water partition coefficient (Wildman–Crippen LogP) is 13.0. The van der Waals surface area contributed by atoms with Gasteiger partial charge in [0, 0.05) is 38.4 Å². The van der Waals surface area contributed by atoms with Crippen molar-refractivity contribution in [1.82, 2.24) is 15.0 Å². The summed E-state index contributed by atoms with van der Waals surface area (Å²) < 4.78 is 14.1. The number of aromatic nitrogens is 3. The van der Waals surface area contributed by atoms with Crippen molar-refractivity contribution in [2.24, 2.45) is 0 Å². The lowest BCUT2D eigenvalue weighted by Crippen LogP contribution is -1.96. The molecule has 2 aromatic heterocycles. The number of nitrogens with zero attached hydrogens (tertiary/aromatic N) is 3. The topological polar surface area (TPSA) is 38.7 Å². The number of benzene rings is 8. The van der Waals surface area contributed by atoms with Gasteiger partial charge in [-0.05, 0) is 87.3 Å². The van der Waals surface area contributed by atoms with Gasteiger partial charge in [0.25, 0.3) is 0 Å². The second-order valence-electron chi connectivity index (χ2n) is 13.3. The molecule has 0 aliphatic rings. The van der Waals surface area contributed by atoms with Crippen LogP contribution in [0.15, 0.2) is 182 Å². The van der Waals surface area contributed by atoms with E-state index in [0.29, 0.717) is 5.82 Å². The molecule has 4 heteroatoms. The van der Waals surface area contributed by atoms with Crippen molar-refractivity contribution in [2.75, 3.05) is 0 Å². The van der Waals surface area contributed by atoms with Gasteiger partial charge in [-0.2, -0.15) is 0 Å². The van der Waals surface area contributed by atoms with Crippen molar-refractivity contribution in [3.05, 3.63) is 188 Å². The van der Waals surface area contributed by atoms with Crippen LogP contribution in [0.3, 0.4) is 0 Å². The normalized spacial score (nSPS) is 11.5. The Bertz CT molecular complexity index is 2940. The Balaban J connectivity index is 1.14. The second-order valence-corrected chi connectivity index (χ2v) is 13.3. The molecule has 0 atom stereocenters. The lowest BCUT2D eigenvalue weighted by molar-refractivity contribution is 0.628. The molecule has 0 saturated heterocycles. The summed E-state index contributed by atoms with van der Waals surface area (Å²) in [6.45, 7) is 0. The van der Waals surface area contributed by atoms with Crippen LogP contribution < -0.4 is 0 Å². The fraction of sp³-hybridized carbons (Fsp3) is 0. The van der Waals surface area contributed by atoms with Gasteiger partial charge in [-0.3, -0.25) is 0 Å². The third-order valence-electron chi connectivity index (χ3n) is 10.1. The highest BCUT2D eigenvalue weighted by Gasteiger charge is 2.17. The Kier molecular flexibility index (Phi) is 7.33. The van der Waals surface area contributed by atoms with Crippen molar-refractivity contribution in [3.63, 3.8) is 0 Å². The molecule has 3 nitrogen and oxygen atoms in total. The van der Waals surface area contributed by atoms with E-state index >= 15 is 0 Å². The van der Waals surface area contributed by atoms with Crippen LogP contribution >= 0.6 is 0 Å². The smallest absolute Gasteiger partial charge is 0.160 e. The molecule has 0 N–H and O–H groups in total. The highest BCUT2D eigenvalue weighted by Crippen LogP contribution is 2.42. The first kappa shape index (κ1) is 30.8. The maximum atomic E-state index is 14.1. The quantitative estimate of drug-likeness (QED) is 0.170. The summed E-state index contributed by atoms with van der Waals surface area (Å²) in [6.07, 6.45) is 0. The van der Waals surface area contributed by atoms with Gasteiger partial charge < -0.3 is 0 Å². The number of fused-ring (bicyclic) bond motifs is 6. The lowest BCUT2D eigenvalue weighted by atomic mass is 9.89. The Hall–Kier alpha value is -7.04. The molecule has 0 radical (unpaired) electrons. The first-order chi connectivity index (χ1) is 26.2. The molecule has 0 unspecified atom stereocenters. The molecule has 0 aliphatic heterocycles. The van der Waals surface area contributed by atoms with Crippen LogP contribution in [-0.2, 0) is 0 Å². The largest absolute Gasteiger partial charge is 0.247 e. The maximum absolute atomic E-state index is 14.1. The van der Waals surface area contributed by atoms with E-state index in [9.17, 15) is 4.39 Å². The fourth-order valence-corrected chi connectivity index (χ4v) is 7.52. The zero-order valence-electron chi connectivity index (χ0n) is 28.5. The van der Waals surface area contributed by atoms with Gasteiger partial charge in [0.1, 0.15) is 5.82 Å². The minimum absolute atomic E-state index is 0.267. The van der Waals surface area contributed by atoms with Crippen LogP contribution in [-0.4, -0.2) is 15.0 Å². The third-order valence-corrected chi connectivity index (χ3v) is 10.1. The van der Waals surface area contributed by atoms with Gasteiger partial charge in [-0.15, -0.1) is 0 Å². The number of pyridine rings is 1. The van der Waals surface area contributed by atoms with Crippen LogP contribution in [0.5, 0.6) is 0 Å². The van der Waals surface area contributed by atoms with Gasteiger partial charge in [0.05, 0.1) is 22.6 Å². The van der Waals surface area contributed by atoms with E-state index in [2.05, 4.69) is 109 Å². The first-order valence-corrected chi connectivity index (χ1v) is 17.7. The molecule has 10 rings (SSSR count). The molecular formula is C49H30FN3. The first-order valence-electron chi connectivity index (χ1n) is 17.7. The van der Waals surface area contributed by atoms with E-state index in [0.717, 1.165) is 93.7 Å². The zero-order valence-corrected chi connectivity index (χ0v) is 28.5. The monoisotopic (exact) mass is 679 g/mol. The molecular weight excluding hydrogens is 650 g/mol. The molecule has 0 aliphatic carbocycles. The van der Waals surface area contributed by atoms with E-state index in [4.69, 9.17) is 15.0 Å². The van der Waals surface area contributed by atoms with E-state index in [1.807, 2.05) is 60.7 Å². The number of rotatable bonds is 5. The zero-order chi connectivity index (χ0) is 35.3. The molecule has 53 heavy (non-hydrogen) atoms. The summed E-state index contributed by atoms with van der Waals surface area (Å²) in [5, 5.41) is 7.81. The van der Waals surface area contributed by atoms with Crippen LogP contribution in [0.2, 0.25) is 0 Å². The van der Waals surface area contributed by atoms with Crippen LogP contribution in [0, 0.1) is 5.82 Å².